The minimum atomic E-state index is -1.21. The Kier molecular flexibility index (Phi) is 5.94. The molecule has 0 bridgehead atoms. The van der Waals surface area contributed by atoms with Gasteiger partial charge in [0.1, 0.15) is 10.9 Å². The van der Waals surface area contributed by atoms with Gasteiger partial charge in [0.2, 0.25) is 0 Å². The van der Waals surface area contributed by atoms with Crippen molar-refractivity contribution in [2.75, 3.05) is 6.61 Å². The Labute approximate surface area is 187 Å². The highest BCUT2D eigenvalue weighted by Crippen LogP contribution is 2.38. The number of hydrogen-bond donors (Lipinski definition) is 1. The number of para-hydroxylation sites is 1. The molecule has 0 aliphatic rings. The predicted molar refractivity (Wildman–Crippen MR) is 123 cm³/mol. The van der Waals surface area contributed by atoms with E-state index in [9.17, 15) is 19.5 Å². The van der Waals surface area contributed by atoms with Gasteiger partial charge in [-0.3, -0.25) is 18.9 Å². The van der Waals surface area contributed by atoms with Gasteiger partial charge in [0, 0.05) is 25.2 Å². The molecule has 32 heavy (non-hydrogen) atoms. The van der Waals surface area contributed by atoms with Crippen LogP contribution < -0.4 is 11.2 Å². The first-order valence-corrected chi connectivity index (χ1v) is 11.2. The second-order valence-corrected chi connectivity index (χ2v) is 8.39. The monoisotopic (exact) mass is 453 g/mol. The van der Waals surface area contributed by atoms with E-state index in [0.29, 0.717) is 28.9 Å². The number of ether oxygens (including phenoxy) is 1. The van der Waals surface area contributed by atoms with Gasteiger partial charge in [0.15, 0.2) is 0 Å². The molecule has 4 aromatic rings. The summed E-state index contributed by atoms with van der Waals surface area (Å²) in [6, 6.07) is 9.04. The fraction of sp³-hybridized carbons (Fsp3) is 0.304. The Morgan fingerprint density at radius 2 is 1.97 bits per heavy atom. The molecule has 0 saturated carbocycles. The van der Waals surface area contributed by atoms with Crippen LogP contribution in [0.2, 0.25) is 0 Å². The lowest BCUT2D eigenvalue weighted by molar-refractivity contribution is 0.0524. The summed E-state index contributed by atoms with van der Waals surface area (Å²) in [6.45, 7) is 4.07. The third kappa shape index (κ3) is 3.43. The van der Waals surface area contributed by atoms with Crippen LogP contribution in [-0.4, -0.2) is 31.8 Å². The lowest BCUT2D eigenvalue weighted by Gasteiger charge is -2.14. The molecular formula is C23H23N3O5S. The molecule has 166 valence electrons. The van der Waals surface area contributed by atoms with Crippen LogP contribution in [0.25, 0.3) is 21.1 Å². The molecule has 1 aromatic carbocycles. The van der Waals surface area contributed by atoms with E-state index in [1.165, 1.54) is 11.6 Å². The summed E-state index contributed by atoms with van der Waals surface area (Å²) in [6.07, 6.45) is 1.03. The number of carbonyl (C=O) groups is 1. The fourth-order valence-corrected chi connectivity index (χ4v) is 5.17. The molecule has 4 rings (SSSR count). The van der Waals surface area contributed by atoms with Crippen molar-refractivity contribution in [1.82, 2.24) is 14.1 Å². The molecule has 0 amide bonds. The lowest BCUT2D eigenvalue weighted by Crippen LogP contribution is -2.38. The van der Waals surface area contributed by atoms with Crippen molar-refractivity contribution in [3.63, 3.8) is 0 Å². The van der Waals surface area contributed by atoms with Crippen molar-refractivity contribution in [3.8, 4) is 0 Å². The zero-order valence-electron chi connectivity index (χ0n) is 18.0. The van der Waals surface area contributed by atoms with E-state index in [1.807, 2.05) is 31.2 Å². The molecule has 0 saturated heterocycles. The number of aryl methyl sites for hydroxylation is 1. The largest absolute Gasteiger partial charge is 0.462 e. The maximum atomic E-state index is 13.1. The van der Waals surface area contributed by atoms with Crippen LogP contribution in [-0.2, 0) is 18.3 Å². The van der Waals surface area contributed by atoms with Crippen LogP contribution in [0.3, 0.4) is 0 Å². The molecular weight excluding hydrogens is 430 g/mol. The van der Waals surface area contributed by atoms with E-state index in [-0.39, 0.29) is 22.4 Å². The molecule has 0 spiro atoms. The van der Waals surface area contributed by atoms with Crippen LogP contribution in [0.15, 0.2) is 46.1 Å². The summed E-state index contributed by atoms with van der Waals surface area (Å²) in [7, 11) is 1.38. The molecule has 0 aliphatic heterocycles. The number of aliphatic hydroxyl groups excluding tert-OH is 1. The van der Waals surface area contributed by atoms with Gasteiger partial charge in [0.05, 0.1) is 28.0 Å². The van der Waals surface area contributed by atoms with Crippen molar-refractivity contribution in [2.45, 2.75) is 32.9 Å². The molecule has 1 N–H and O–H groups in total. The van der Waals surface area contributed by atoms with Crippen molar-refractivity contribution >= 4 is 38.4 Å². The zero-order valence-corrected chi connectivity index (χ0v) is 18.8. The summed E-state index contributed by atoms with van der Waals surface area (Å²) < 4.78 is 7.71. The zero-order chi connectivity index (χ0) is 23.0. The van der Waals surface area contributed by atoms with E-state index >= 15 is 0 Å². The smallest absolute Gasteiger partial charge is 0.340 e. The molecule has 0 radical (unpaired) electrons. The first-order valence-electron chi connectivity index (χ1n) is 10.4. The topological polar surface area (TPSA) is 103 Å². The molecule has 3 aromatic heterocycles. The Morgan fingerprint density at radius 3 is 2.69 bits per heavy atom. The van der Waals surface area contributed by atoms with E-state index in [0.717, 1.165) is 21.3 Å². The maximum absolute atomic E-state index is 13.1. The maximum Gasteiger partial charge on any atom is 0.340 e. The van der Waals surface area contributed by atoms with Gasteiger partial charge in [-0.1, -0.05) is 25.1 Å². The van der Waals surface area contributed by atoms with Crippen LogP contribution in [0.4, 0.5) is 0 Å². The van der Waals surface area contributed by atoms with Gasteiger partial charge in [-0.05, 0) is 31.0 Å². The number of aromatic nitrogens is 3. The van der Waals surface area contributed by atoms with E-state index in [4.69, 9.17) is 4.74 Å². The van der Waals surface area contributed by atoms with Crippen molar-refractivity contribution in [2.24, 2.45) is 7.05 Å². The van der Waals surface area contributed by atoms with Crippen molar-refractivity contribution in [1.29, 1.82) is 0 Å². The van der Waals surface area contributed by atoms with Crippen molar-refractivity contribution in [3.05, 3.63) is 73.4 Å². The Morgan fingerprint density at radius 1 is 1.22 bits per heavy atom. The van der Waals surface area contributed by atoms with E-state index in [2.05, 4.69) is 4.98 Å². The molecule has 1 atom stereocenters. The normalized spacial score (nSPS) is 12.4. The highest BCUT2D eigenvalue weighted by Gasteiger charge is 2.30. The first-order chi connectivity index (χ1) is 15.4. The standard InChI is InChI=1S/C23H23N3O5S/c1-4-12-26-21-17(20(28)25(3)23(26)30)16(22(29)31-5-2)19(32-21)18(27)14-10-11-24-15-9-7-6-8-13(14)15/h6-11,18,27H,4-5,12H2,1-3H3. The quantitative estimate of drug-likeness (QED) is 0.450. The van der Waals surface area contributed by atoms with E-state index < -0.39 is 23.3 Å². The summed E-state index contributed by atoms with van der Waals surface area (Å²) in [5.41, 5.74) is 0.201. The van der Waals surface area contributed by atoms with Crippen LogP contribution in [0.1, 0.15) is 47.2 Å². The van der Waals surface area contributed by atoms with Gasteiger partial charge >= 0.3 is 11.7 Å². The molecule has 3 heterocycles. The summed E-state index contributed by atoms with van der Waals surface area (Å²) in [4.78, 5) is 43.8. The highest BCUT2D eigenvalue weighted by atomic mass is 32.1. The number of thiophene rings is 1. The number of benzene rings is 1. The summed E-state index contributed by atoms with van der Waals surface area (Å²) in [5, 5.41) is 12.2. The first kappa shape index (κ1) is 21.9. The highest BCUT2D eigenvalue weighted by molar-refractivity contribution is 7.19. The molecule has 1 unspecified atom stereocenters. The fourth-order valence-electron chi connectivity index (χ4n) is 3.86. The van der Waals surface area contributed by atoms with Crippen LogP contribution in [0, 0.1) is 0 Å². The molecule has 9 heteroatoms. The van der Waals surface area contributed by atoms with Gasteiger partial charge in [-0.2, -0.15) is 0 Å². The minimum Gasteiger partial charge on any atom is -0.462 e. The lowest BCUT2D eigenvalue weighted by atomic mass is 10.00. The van der Waals surface area contributed by atoms with Crippen LogP contribution >= 0.6 is 11.3 Å². The third-order valence-electron chi connectivity index (χ3n) is 5.35. The number of esters is 1. The molecule has 0 fully saturated rings. The Hall–Kier alpha value is -3.30. The number of aliphatic hydroxyl groups is 1. The summed E-state index contributed by atoms with van der Waals surface area (Å²) >= 11 is 1.07. The Bertz CT molecular complexity index is 1440. The van der Waals surface area contributed by atoms with E-state index in [1.54, 1.807) is 19.2 Å². The second-order valence-electron chi connectivity index (χ2n) is 7.36. The SMILES string of the molecule is CCCn1c(=O)n(C)c(=O)c2c(C(=O)OCC)c(C(O)c3ccnc4ccccc34)sc21. The number of hydrogen-bond acceptors (Lipinski definition) is 7. The second kappa shape index (κ2) is 8.68. The van der Waals surface area contributed by atoms with Gasteiger partial charge in [-0.25, -0.2) is 9.59 Å². The van der Waals surface area contributed by atoms with Crippen molar-refractivity contribution < 1.29 is 14.6 Å². The average molecular weight is 454 g/mol. The number of carbonyl (C=O) groups excluding carboxylic acids is 1. The Balaban J connectivity index is 2.08. The van der Waals surface area contributed by atoms with Crippen LogP contribution in [0.5, 0.6) is 0 Å². The summed E-state index contributed by atoms with van der Waals surface area (Å²) in [5.74, 6) is -0.704. The predicted octanol–water partition coefficient (Wildman–Crippen LogP) is 2.98. The third-order valence-corrected chi connectivity index (χ3v) is 6.62. The number of nitrogens with zero attached hydrogens (tertiary/aromatic N) is 3. The number of pyridine rings is 1. The average Bonchev–Trinajstić information content (AvgIpc) is 3.20. The molecule has 0 aliphatic carbocycles. The van der Waals surface area contributed by atoms with Gasteiger partial charge in [0.25, 0.3) is 5.56 Å². The number of fused-ring (bicyclic) bond motifs is 2. The minimum absolute atomic E-state index is 0.00527. The van der Waals surface area contributed by atoms with Gasteiger partial charge < -0.3 is 9.84 Å². The molecule has 8 nitrogen and oxygen atoms in total. The number of rotatable bonds is 6. The van der Waals surface area contributed by atoms with Gasteiger partial charge in [-0.15, -0.1) is 11.3 Å².